The fourth-order valence-corrected chi connectivity index (χ4v) is 0. The molecule has 0 saturated heterocycles. The summed E-state index contributed by atoms with van der Waals surface area (Å²) in [6, 6.07) is 0. The molecule has 0 aliphatic carbocycles. The molecule has 0 atom stereocenters. The third-order valence-electron chi connectivity index (χ3n) is 0. The van der Waals surface area contributed by atoms with Gasteiger partial charge in [-0.1, -0.05) is 0 Å². The highest BCUT2D eigenvalue weighted by molar-refractivity contribution is 7.30. The van der Waals surface area contributed by atoms with Crippen LogP contribution < -0.4 is 5.32 Å². The summed E-state index contributed by atoms with van der Waals surface area (Å²) in [5.41, 5.74) is 0. The average molecular weight is 199 g/mol. The van der Waals surface area contributed by atoms with Gasteiger partial charge in [-0.3, -0.25) is 0 Å². The van der Waals surface area contributed by atoms with Crippen LogP contribution in [0.4, 0.5) is 0 Å². The van der Waals surface area contributed by atoms with E-state index in [1.807, 2.05) is 14.1 Å². The quantitative estimate of drug-likeness (QED) is 0.491. The molecule has 0 aliphatic heterocycles. The summed E-state index contributed by atoms with van der Waals surface area (Å²) in [7, 11) is 0.880. The van der Waals surface area contributed by atoms with E-state index in [2.05, 4.69) is 5.32 Å². The van der Waals surface area contributed by atoms with E-state index in [-0.39, 0.29) is 24.8 Å². The molecule has 0 aromatic heterocycles. The molecule has 0 rings (SSSR count). The smallest absolute Gasteiger partial charge is 0.323 e. The van der Waals surface area contributed by atoms with Crippen molar-refractivity contribution in [3.63, 3.8) is 0 Å². The van der Waals surface area contributed by atoms with Crippen molar-refractivity contribution in [3.8, 4) is 0 Å². The minimum atomic E-state index is -2.87. The van der Waals surface area contributed by atoms with Gasteiger partial charge in [0.05, 0.1) is 0 Å². The van der Waals surface area contributed by atoms with Crippen molar-refractivity contribution < 1.29 is 14.4 Å². The maximum Gasteiger partial charge on any atom is 0.692 e. The van der Waals surface area contributed by atoms with Crippen molar-refractivity contribution in [2.75, 3.05) is 14.1 Å². The maximum atomic E-state index is 8.70. The molecule has 3 N–H and O–H groups in total. The van der Waals surface area contributed by atoms with Crippen molar-refractivity contribution in [3.05, 3.63) is 0 Å². The monoisotopic (exact) mass is 198 g/mol. The van der Waals surface area contributed by atoms with Crippen molar-refractivity contribution >= 4 is 33.1 Å². The summed E-state index contributed by atoms with van der Waals surface area (Å²) in [4.78, 5) is 14.2. The zero-order chi connectivity index (χ0) is 6.28. The second-order valence-corrected chi connectivity index (χ2v) is 1.26. The highest BCUT2D eigenvalue weighted by atomic mass is 35.5. The van der Waals surface area contributed by atoms with E-state index >= 15 is 0 Å². The van der Waals surface area contributed by atoms with Crippen LogP contribution in [-0.2, 0) is 4.57 Å². The fourth-order valence-electron chi connectivity index (χ4n) is 0. The number of rotatable bonds is 0. The largest absolute Gasteiger partial charge is 0.692 e. The highest BCUT2D eigenvalue weighted by Crippen LogP contribution is 1.98. The molecule has 0 amide bonds. The van der Waals surface area contributed by atoms with Gasteiger partial charge in [0.15, 0.2) is 0 Å². The summed E-state index contributed by atoms with van der Waals surface area (Å²) >= 11 is 0. The Kier molecular flexibility index (Phi) is 59.2. The molecule has 0 aromatic rings. The molecule has 0 radical (unpaired) electrons. The zero-order valence-electron chi connectivity index (χ0n) is 5.07. The summed E-state index contributed by atoms with van der Waals surface area (Å²) in [5, 5.41) is 2.75. The van der Waals surface area contributed by atoms with E-state index < -0.39 is 8.25 Å². The number of nitrogens with one attached hydrogen (secondary N) is 1. The molecule has 0 aliphatic rings. The zero-order valence-corrected chi connectivity index (χ0v) is 7.59. The lowest BCUT2D eigenvalue weighted by Crippen LogP contribution is -1.89. The normalized spacial score (nSPS) is 4.89. The molecule has 0 unspecified atom stereocenters. The van der Waals surface area contributed by atoms with Crippen LogP contribution in [-0.4, -0.2) is 23.9 Å². The highest BCUT2D eigenvalue weighted by Gasteiger charge is 1.93. The predicted octanol–water partition coefficient (Wildman–Crippen LogP) is 0.308. The molecule has 0 spiro atoms. The molecule has 0 heterocycles. The van der Waals surface area contributed by atoms with Crippen LogP contribution in [0.5, 0.6) is 0 Å². The Morgan fingerprint density at radius 3 is 1.22 bits per heavy atom. The van der Waals surface area contributed by atoms with Crippen LogP contribution >= 0.6 is 33.1 Å². The van der Waals surface area contributed by atoms with Crippen molar-refractivity contribution in [2.45, 2.75) is 0 Å². The van der Waals surface area contributed by atoms with Gasteiger partial charge >= 0.3 is 8.25 Å². The predicted molar refractivity (Wildman–Crippen MR) is 41.5 cm³/mol. The van der Waals surface area contributed by atoms with Crippen LogP contribution in [0.25, 0.3) is 0 Å². The Bertz CT molecular complexity index is 51.1. The molecule has 7 heteroatoms. The third-order valence-corrected chi connectivity index (χ3v) is 0. The summed E-state index contributed by atoms with van der Waals surface area (Å²) < 4.78 is 8.70. The van der Waals surface area contributed by atoms with Crippen molar-refractivity contribution in [2.24, 2.45) is 0 Å². The van der Waals surface area contributed by atoms with Gasteiger partial charge in [0, 0.05) is 4.57 Å². The first kappa shape index (κ1) is 22.7. The lowest BCUT2D eigenvalue weighted by Gasteiger charge is -1.59. The first-order valence-electron chi connectivity index (χ1n) is 1.58. The Balaban J connectivity index is -0.0000000233. The van der Waals surface area contributed by atoms with Gasteiger partial charge in [-0.05, 0) is 14.1 Å². The van der Waals surface area contributed by atoms with Crippen LogP contribution in [0.15, 0.2) is 0 Å². The van der Waals surface area contributed by atoms with E-state index in [1.165, 1.54) is 0 Å². The first-order chi connectivity index (χ1) is 3.15. The molecule has 4 nitrogen and oxygen atoms in total. The first-order valence-corrected chi connectivity index (χ1v) is 2.75. The van der Waals surface area contributed by atoms with Crippen molar-refractivity contribution in [1.82, 2.24) is 5.32 Å². The van der Waals surface area contributed by atoms with Gasteiger partial charge in [0.2, 0.25) is 0 Å². The summed E-state index contributed by atoms with van der Waals surface area (Å²) in [6.45, 7) is 0. The lowest BCUT2D eigenvalue weighted by molar-refractivity contribution is 0.405. The van der Waals surface area contributed by atoms with Crippen LogP contribution in [0.2, 0.25) is 0 Å². The van der Waals surface area contributed by atoms with Crippen LogP contribution in [0, 0.1) is 0 Å². The third kappa shape index (κ3) is 1170. The molecular weight excluding hydrogens is 188 g/mol. The Hall–Kier alpha value is 0.560. The van der Waals surface area contributed by atoms with E-state index in [0.29, 0.717) is 0 Å². The summed E-state index contributed by atoms with van der Waals surface area (Å²) in [6.07, 6.45) is 0. The lowest BCUT2D eigenvalue weighted by atomic mass is 11.3. The van der Waals surface area contributed by atoms with Gasteiger partial charge in [-0.25, -0.2) is 0 Å². The van der Waals surface area contributed by atoms with E-state index in [1.54, 1.807) is 0 Å². The van der Waals surface area contributed by atoms with Crippen molar-refractivity contribution in [1.29, 1.82) is 0 Å². The van der Waals surface area contributed by atoms with Crippen LogP contribution in [0.1, 0.15) is 0 Å². The van der Waals surface area contributed by atoms with Gasteiger partial charge in [0.25, 0.3) is 0 Å². The molecule has 0 aromatic carbocycles. The molecular formula is C2H11Cl2NO3P+. The Morgan fingerprint density at radius 1 is 1.22 bits per heavy atom. The van der Waals surface area contributed by atoms with Gasteiger partial charge in [-0.15, -0.1) is 34.6 Å². The van der Waals surface area contributed by atoms with Gasteiger partial charge in [0.1, 0.15) is 0 Å². The number of hydrogen-bond donors (Lipinski definition) is 3. The second kappa shape index (κ2) is 23.5. The number of halogens is 2. The standard InChI is InChI=1S/C2H7N.2ClH.HO3P/c1-3-2;;;1-4(2)3/h3H,1-2H3;2*1H;(H-,1,2,3)/p+1. The molecule has 0 saturated carbocycles. The SMILES string of the molecule is CNC.Cl.Cl.O=[P+](O)O. The summed E-state index contributed by atoms with van der Waals surface area (Å²) in [5.74, 6) is 0. The maximum absolute atomic E-state index is 8.70. The van der Waals surface area contributed by atoms with E-state index in [4.69, 9.17) is 14.4 Å². The van der Waals surface area contributed by atoms with E-state index in [0.717, 1.165) is 0 Å². The van der Waals surface area contributed by atoms with Crippen LogP contribution in [0.3, 0.4) is 0 Å². The molecule has 9 heavy (non-hydrogen) atoms. The van der Waals surface area contributed by atoms with E-state index in [9.17, 15) is 0 Å². The second-order valence-electron chi connectivity index (χ2n) is 0.753. The topological polar surface area (TPSA) is 69.6 Å². The molecule has 0 fully saturated rings. The Morgan fingerprint density at radius 2 is 1.22 bits per heavy atom. The van der Waals surface area contributed by atoms with Gasteiger partial charge in [-0.2, -0.15) is 0 Å². The molecule has 60 valence electrons. The molecule has 0 bridgehead atoms. The minimum absolute atomic E-state index is 0. The minimum Gasteiger partial charge on any atom is -0.323 e. The fraction of sp³-hybridized carbons (Fsp3) is 1.00. The number of hydrogen-bond acceptors (Lipinski definition) is 2. The Labute approximate surface area is 67.4 Å². The average Bonchev–Trinajstić information content (AvgIpc) is 1.33. The van der Waals surface area contributed by atoms with Gasteiger partial charge < -0.3 is 5.32 Å².